The van der Waals surface area contributed by atoms with E-state index in [-0.39, 0.29) is 11.3 Å². The molecule has 0 saturated carbocycles. The maximum absolute atomic E-state index is 12.9. The van der Waals surface area contributed by atoms with Crippen molar-refractivity contribution in [2.45, 2.75) is 6.18 Å². The molecule has 0 amide bonds. The van der Waals surface area contributed by atoms with Crippen LogP contribution in [0, 0.1) is 21.4 Å². The lowest BCUT2D eigenvalue weighted by Crippen LogP contribution is -2.46. The largest absolute Gasteiger partial charge is 0.416 e. The number of hydrogen-bond acceptors (Lipinski definition) is 5. The van der Waals surface area contributed by atoms with Crippen molar-refractivity contribution in [1.29, 1.82) is 5.26 Å². The summed E-state index contributed by atoms with van der Waals surface area (Å²) in [5.74, 6) is 0. The van der Waals surface area contributed by atoms with Crippen LogP contribution in [0.25, 0.3) is 0 Å². The third kappa shape index (κ3) is 3.95. The van der Waals surface area contributed by atoms with Gasteiger partial charge in [-0.3, -0.25) is 10.1 Å². The molecule has 0 bridgehead atoms. The lowest BCUT2D eigenvalue weighted by atomic mass is 10.1. The lowest BCUT2D eigenvalue weighted by molar-refractivity contribution is -0.384. The summed E-state index contributed by atoms with van der Waals surface area (Å²) in [6.07, 6.45) is -4.40. The summed E-state index contributed by atoms with van der Waals surface area (Å²) in [4.78, 5) is 14.4. The predicted octanol–water partition coefficient (Wildman–Crippen LogP) is 3.81. The highest BCUT2D eigenvalue weighted by Crippen LogP contribution is 2.33. The molecular formula is C18H15F3N4O2. The molecule has 0 atom stereocenters. The van der Waals surface area contributed by atoms with Crippen LogP contribution in [0.15, 0.2) is 42.5 Å². The number of nitro groups is 1. The molecule has 1 heterocycles. The number of halogens is 3. The van der Waals surface area contributed by atoms with Crippen molar-refractivity contribution in [3.63, 3.8) is 0 Å². The van der Waals surface area contributed by atoms with Gasteiger partial charge in [-0.25, -0.2) is 0 Å². The Hall–Kier alpha value is -3.28. The van der Waals surface area contributed by atoms with Gasteiger partial charge in [-0.05, 0) is 30.3 Å². The Morgan fingerprint density at radius 2 is 1.70 bits per heavy atom. The number of rotatable bonds is 3. The minimum absolute atomic E-state index is 0.151. The Labute approximate surface area is 153 Å². The van der Waals surface area contributed by atoms with Crippen LogP contribution in [0.2, 0.25) is 0 Å². The van der Waals surface area contributed by atoms with Gasteiger partial charge in [-0.2, -0.15) is 18.4 Å². The van der Waals surface area contributed by atoms with E-state index >= 15 is 0 Å². The van der Waals surface area contributed by atoms with Gasteiger partial charge < -0.3 is 9.80 Å². The fraction of sp³-hybridized carbons (Fsp3) is 0.278. The summed E-state index contributed by atoms with van der Waals surface area (Å²) >= 11 is 0. The number of alkyl halides is 3. The van der Waals surface area contributed by atoms with E-state index in [0.717, 1.165) is 12.1 Å². The number of hydrogen-bond donors (Lipinski definition) is 0. The van der Waals surface area contributed by atoms with Gasteiger partial charge in [0.2, 0.25) is 0 Å². The molecule has 0 spiro atoms. The third-order valence-electron chi connectivity index (χ3n) is 4.46. The van der Waals surface area contributed by atoms with Crippen LogP contribution in [-0.2, 0) is 6.18 Å². The van der Waals surface area contributed by atoms with E-state index in [4.69, 9.17) is 5.26 Å². The number of nitro benzene ring substituents is 1. The molecule has 6 nitrogen and oxygen atoms in total. The number of anilines is 2. The molecule has 9 heteroatoms. The zero-order valence-electron chi connectivity index (χ0n) is 14.1. The topological polar surface area (TPSA) is 73.4 Å². The van der Waals surface area contributed by atoms with Crippen molar-refractivity contribution < 1.29 is 18.1 Å². The van der Waals surface area contributed by atoms with Crippen LogP contribution in [0.5, 0.6) is 0 Å². The van der Waals surface area contributed by atoms with Gasteiger partial charge in [0.25, 0.3) is 5.69 Å². The van der Waals surface area contributed by atoms with Crippen LogP contribution in [0.4, 0.5) is 30.2 Å². The van der Waals surface area contributed by atoms with Gasteiger partial charge in [0, 0.05) is 37.9 Å². The zero-order valence-corrected chi connectivity index (χ0v) is 14.1. The van der Waals surface area contributed by atoms with E-state index in [9.17, 15) is 23.3 Å². The molecule has 27 heavy (non-hydrogen) atoms. The molecule has 1 fully saturated rings. The Bertz CT molecular complexity index is 900. The first kappa shape index (κ1) is 18.5. The van der Waals surface area contributed by atoms with Crippen molar-refractivity contribution in [2.75, 3.05) is 36.0 Å². The van der Waals surface area contributed by atoms with Crippen LogP contribution < -0.4 is 9.80 Å². The Balaban J connectivity index is 1.77. The summed E-state index contributed by atoms with van der Waals surface area (Å²) in [6, 6.07) is 11.3. The summed E-state index contributed by atoms with van der Waals surface area (Å²) in [5.41, 5.74) is 0.223. The average Bonchev–Trinajstić information content (AvgIpc) is 2.67. The molecule has 1 aliphatic rings. The second-order valence-corrected chi connectivity index (χ2v) is 6.09. The molecule has 0 aliphatic carbocycles. The molecule has 0 unspecified atom stereocenters. The fourth-order valence-corrected chi connectivity index (χ4v) is 3.09. The predicted molar refractivity (Wildman–Crippen MR) is 93.7 cm³/mol. The lowest BCUT2D eigenvalue weighted by Gasteiger charge is -2.37. The maximum atomic E-state index is 12.9. The van der Waals surface area contributed by atoms with E-state index in [1.54, 1.807) is 6.07 Å². The quantitative estimate of drug-likeness (QED) is 0.602. The van der Waals surface area contributed by atoms with Crippen LogP contribution in [-0.4, -0.2) is 31.1 Å². The first-order valence-corrected chi connectivity index (χ1v) is 8.15. The van der Waals surface area contributed by atoms with E-state index < -0.39 is 16.7 Å². The standard InChI is InChI=1S/C18H15F3N4O2/c19-18(20,21)14-2-1-3-15(11-14)23-6-8-24(9-7-23)16-5-4-13(12-22)10-17(16)25(26)27/h1-5,10-11H,6-9H2. The van der Waals surface area contributed by atoms with E-state index in [1.165, 1.54) is 24.3 Å². The number of benzene rings is 2. The minimum atomic E-state index is -4.40. The molecule has 3 rings (SSSR count). The summed E-state index contributed by atoms with van der Waals surface area (Å²) < 4.78 is 38.7. The summed E-state index contributed by atoms with van der Waals surface area (Å²) in [5, 5.41) is 20.2. The van der Waals surface area contributed by atoms with Gasteiger partial charge in [0.1, 0.15) is 5.69 Å². The van der Waals surface area contributed by atoms with E-state index in [2.05, 4.69) is 0 Å². The molecular weight excluding hydrogens is 361 g/mol. The highest BCUT2D eigenvalue weighted by atomic mass is 19.4. The minimum Gasteiger partial charge on any atom is -0.368 e. The van der Waals surface area contributed by atoms with Gasteiger partial charge in [0.05, 0.1) is 22.1 Å². The third-order valence-corrected chi connectivity index (χ3v) is 4.46. The molecule has 140 valence electrons. The van der Waals surface area contributed by atoms with Gasteiger partial charge in [-0.15, -0.1) is 0 Å². The monoisotopic (exact) mass is 376 g/mol. The molecule has 2 aromatic rings. The van der Waals surface area contributed by atoms with Crippen LogP contribution >= 0.6 is 0 Å². The molecule has 0 radical (unpaired) electrons. The highest BCUT2D eigenvalue weighted by molar-refractivity contribution is 5.66. The van der Waals surface area contributed by atoms with E-state index in [1.807, 2.05) is 15.9 Å². The smallest absolute Gasteiger partial charge is 0.368 e. The summed E-state index contributed by atoms with van der Waals surface area (Å²) in [6.45, 7) is 1.70. The Morgan fingerprint density at radius 1 is 1.04 bits per heavy atom. The maximum Gasteiger partial charge on any atom is 0.416 e. The van der Waals surface area contributed by atoms with Crippen molar-refractivity contribution in [1.82, 2.24) is 0 Å². The molecule has 0 aromatic heterocycles. The van der Waals surface area contributed by atoms with Crippen LogP contribution in [0.3, 0.4) is 0 Å². The summed E-state index contributed by atoms with van der Waals surface area (Å²) in [7, 11) is 0. The van der Waals surface area contributed by atoms with Crippen molar-refractivity contribution in [2.24, 2.45) is 0 Å². The van der Waals surface area contributed by atoms with Gasteiger partial charge in [0.15, 0.2) is 0 Å². The second kappa shape index (κ2) is 7.15. The molecule has 1 saturated heterocycles. The number of nitriles is 1. The molecule has 2 aromatic carbocycles. The Morgan fingerprint density at radius 3 is 2.30 bits per heavy atom. The average molecular weight is 376 g/mol. The van der Waals surface area contributed by atoms with Crippen molar-refractivity contribution >= 4 is 17.1 Å². The van der Waals surface area contributed by atoms with E-state index in [0.29, 0.717) is 37.6 Å². The normalized spacial score (nSPS) is 14.7. The molecule has 1 aliphatic heterocycles. The number of nitrogens with zero attached hydrogens (tertiary/aromatic N) is 4. The second-order valence-electron chi connectivity index (χ2n) is 6.09. The number of piperazine rings is 1. The fourth-order valence-electron chi connectivity index (χ4n) is 3.09. The van der Waals surface area contributed by atoms with Gasteiger partial charge >= 0.3 is 6.18 Å². The highest BCUT2D eigenvalue weighted by Gasteiger charge is 2.31. The Kier molecular flexibility index (Phi) is 4.90. The first-order valence-electron chi connectivity index (χ1n) is 8.15. The SMILES string of the molecule is N#Cc1ccc(N2CCN(c3cccc(C(F)(F)F)c3)CC2)c([N+](=O)[O-])c1. The van der Waals surface area contributed by atoms with Crippen molar-refractivity contribution in [3.05, 3.63) is 63.7 Å². The van der Waals surface area contributed by atoms with Crippen LogP contribution in [0.1, 0.15) is 11.1 Å². The zero-order chi connectivity index (χ0) is 19.6. The first-order chi connectivity index (χ1) is 12.8. The van der Waals surface area contributed by atoms with Gasteiger partial charge in [-0.1, -0.05) is 6.07 Å². The van der Waals surface area contributed by atoms with Crippen molar-refractivity contribution in [3.8, 4) is 6.07 Å². The molecule has 0 N–H and O–H groups in total.